The van der Waals surface area contributed by atoms with Gasteiger partial charge in [-0.2, -0.15) is 4.57 Å². The highest BCUT2D eigenvalue weighted by Crippen LogP contribution is 2.33. The summed E-state index contributed by atoms with van der Waals surface area (Å²) >= 11 is 0. The largest absolute Gasteiger partial charge is 1.00 e. The fourth-order valence-electron chi connectivity index (χ4n) is 3.49. The Bertz CT molecular complexity index is 1060. The molecule has 25 heavy (non-hydrogen) atoms. The number of aryl methyl sites for hydroxylation is 1. The molecule has 1 heterocycles. The SMILES string of the molecule is CC[n+]1c(-c2ccccc2)c2cc(N)ccc2c2ccc(N)cc21.[I-]. The number of nitrogens with zero attached hydrogens (tertiary/aromatic N) is 1. The summed E-state index contributed by atoms with van der Waals surface area (Å²) in [4.78, 5) is 0. The lowest BCUT2D eigenvalue weighted by atomic mass is 9.98. The van der Waals surface area contributed by atoms with Gasteiger partial charge in [0, 0.05) is 28.4 Å². The van der Waals surface area contributed by atoms with E-state index in [0.29, 0.717) is 0 Å². The average Bonchev–Trinajstić information content (AvgIpc) is 2.61. The van der Waals surface area contributed by atoms with Crippen LogP contribution in [0.15, 0.2) is 66.7 Å². The Morgan fingerprint density at radius 1 is 0.760 bits per heavy atom. The molecule has 4 heteroatoms. The maximum atomic E-state index is 6.10. The van der Waals surface area contributed by atoms with Crippen LogP contribution in [-0.4, -0.2) is 0 Å². The molecule has 0 saturated heterocycles. The van der Waals surface area contributed by atoms with E-state index in [1.54, 1.807) is 0 Å². The highest BCUT2D eigenvalue weighted by molar-refractivity contribution is 6.10. The van der Waals surface area contributed by atoms with Gasteiger partial charge in [-0.1, -0.05) is 24.3 Å². The number of aromatic nitrogens is 1. The molecule has 4 rings (SSSR count). The summed E-state index contributed by atoms with van der Waals surface area (Å²) in [5, 5.41) is 3.56. The normalized spacial score (nSPS) is 10.8. The Labute approximate surface area is 164 Å². The number of nitrogen functional groups attached to an aromatic ring is 2. The zero-order valence-electron chi connectivity index (χ0n) is 14.0. The van der Waals surface area contributed by atoms with Gasteiger partial charge >= 0.3 is 0 Å². The van der Waals surface area contributed by atoms with Crippen molar-refractivity contribution in [3.05, 3.63) is 66.7 Å². The zero-order chi connectivity index (χ0) is 16.7. The van der Waals surface area contributed by atoms with Crippen molar-refractivity contribution in [2.45, 2.75) is 13.5 Å². The molecule has 0 aliphatic carbocycles. The molecule has 0 aliphatic rings. The third kappa shape index (κ3) is 2.91. The molecule has 0 radical (unpaired) electrons. The lowest BCUT2D eigenvalue weighted by Crippen LogP contribution is -3.00. The van der Waals surface area contributed by atoms with Crippen molar-refractivity contribution in [3.8, 4) is 11.3 Å². The van der Waals surface area contributed by atoms with E-state index < -0.39 is 0 Å². The standard InChI is InChI=1S/C21H19N3.HI/c1-2-24-20-13-16(23)9-11-18(20)17-10-8-15(22)12-19(17)21(24)14-6-4-3-5-7-14;/h3-13,23H,2,22H2,1H3;1H. The number of hydrogen-bond donors (Lipinski definition) is 2. The maximum absolute atomic E-state index is 6.10. The first-order valence-corrected chi connectivity index (χ1v) is 8.18. The van der Waals surface area contributed by atoms with Crippen LogP contribution in [0.1, 0.15) is 6.92 Å². The Morgan fingerprint density at radius 2 is 1.40 bits per heavy atom. The van der Waals surface area contributed by atoms with Gasteiger partial charge < -0.3 is 35.4 Å². The van der Waals surface area contributed by atoms with Crippen LogP contribution in [0.25, 0.3) is 32.9 Å². The minimum Gasteiger partial charge on any atom is -1.00 e. The van der Waals surface area contributed by atoms with Gasteiger partial charge in [0.05, 0.1) is 10.8 Å². The number of anilines is 2. The van der Waals surface area contributed by atoms with Crippen LogP contribution in [0.3, 0.4) is 0 Å². The van der Waals surface area contributed by atoms with Crippen molar-refractivity contribution >= 4 is 33.1 Å². The van der Waals surface area contributed by atoms with E-state index in [-0.39, 0.29) is 24.0 Å². The van der Waals surface area contributed by atoms with Crippen LogP contribution in [0, 0.1) is 0 Å². The molecule has 0 atom stereocenters. The van der Waals surface area contributed by atoms with Gasteiger partial charge in [0.15, 0.2) is 0 Å². The molecule has 126 valence electrons. The summed E-state index contributed by atoms with van der Waals surface area (Å²) in [7, 11) is 0. The summed E-state index contributed by atoms with van der Waals surface area (Å²) in [6.45, 7) is 3.02. The van der Waals surface area contributed by atoms with E-state index in [0.717, 1.165) is 23.4 Å². The number of rotatable bonds is 2. The Balaban J connectivity index is 0.00000182. The lowest BCUT2D eigenvalue weighted by molar-refractivity contribution is -0.655. The molecule has 3 aromatic carbocycles. The number of pyridine rings is 1. The number of fused-ring (bicyclic) bond motifs is 3. The van der Waals surface area contributed by atoms with Gasteiger partial charge in [-0.05, 0) is 43.3 Å². The highest BCUT2D eigenvalue weighted by atomic mass is 127. The van der Waals surface area contributed by atoms with Gasteiger partial charge in [-0.25, -0.2) is 0 Å². The molecule has 0 amide bonds. The molecule has 0 aliphatic heterocycles. The van der Waals surface area contributed by atoms with Crippen LogP contribution < -0.4 is 40.0 Å². The fraction of sp³-hybridized carbons (Fsp3) is 0.0952. The van der Waals surface area contributed by atoms with Crippen molar-refractivity contribution in [1.82, 2.24) is 0 Å². The predicted octanol–water partition coefficient (Wildman–Crippen LogP) is 1.14. The lowest BCUT2D eigenvalue weighted by Gasteiger charge is -2.12. The number of halogens is 1. The van der Waals surface area contributed by atoms with E-state index >= 15 is 0 Å². The molecule has 0 unspecified atom stereocenters. The topological polar surface area (TPSA) is 55.9 Å². The maximum Gasteiger partial charge on any atom is 0.220 e. The number of hydrogen-bond acceptors (Lipinski definition) is 2. The van der Waals surface area contributed by atoms with Crippen molar-refractivity contribution in [2.75, 3.05) is 11.5 Å². The molecule has 4 aromatic rings. The minimum absolute atomic E-state index is 0. The predicted molar refractivity (Wildman–Crippen MR) is 102 cm³/mol. The number of nitrogens with two attached hydrogens (primary N) is 2. The summed E-state index contributed by atoms with van der Waals surface area (Å²) in [6.07, 6.45) is 0. The first-order chi connectivity index (χ1) is 11.7. The molecule has 1 aromatic heterocycles. The highest BCUT2D eigenvalue weighted by Gasteiger charge is 2.22. The molecule has 4 N–H and O–H groups in total. The molecular formula is C21H20IN3. The molecule has 3 nitrogen and oxygen atoms in total. The van der Waals surface area contributed by atoms with Crippen LogP contribution in [-0.2, 0) is 6.54 Å². The van der Waals surface area contributed by atoms with E-state index in [9.17, 15) is 0 Å². The van der Waals surface area contributed by atoms with E-state index in [4.69, 9.17) is 11.5 Å². The first kappa shape index (κ1) is 17.5. The van der Waals surface area contributed by atoms with Gasteiger partial charge in [-0.3, -0.25) is 0 Å². The quantitative estimate of drug-likeness (QED) is 0.212. The average molecular weight is 441 g/mol. The van der Waals surface area contributed by atoms with Crippen molar-refractivity contribution in [3.63, 3.8) is 0 Å². The van der Waals surface area contributed by atoms with E-state index in [1.165, 1.54) is 27.4 Å². The second-order valence-electron chi connectivity index (χ2n) is 6.04. The summed E-state index contributed by atoms with van der Waals surface area (Å²) < 4.78 is 2.32. The summed E-state index contributed by atoms with van der Waals surface area (Å²) in [5.74, 6) is 0. The van der Waals surface area contributed by atoms with Crippen molar-refractivity contribution in [2.24, 2.45) is 0 Å². The molecular weight excluding hydrogens is 421 g/mol. The first-order valence-electron chi connectivity index (χ1n) is 8.18. The Hall–Kier alpha value is -2.34. The van der Waals surface area contributed by atoms with Gasteiger partial charge in [0.1, 0.15) is 6.54 Å². The van der Waals surface area contributed by atoms with E-state index in [2.05, 4.69) is 60.0 Å². The monoisotopic (exact) mass is 441 g/mol. The smallest absolute Gasteiger partial charge is 0.220 e. The van der Waals surface area contributed by atoms with Crippen molar-refractivity contribution in [1.29, 1.82) is 0 Å². The number of benzene rings is 3. The van der Waals surface area contributed by atoms with Crippen molar-refractivity contribution < 1.29 is 28.5 Å². The second kappa shape index (κ2) is 6.88. The van der Waals surface area contributed by atoms with Crippen LogP contribution in [0.4, 0.5) is 11.4 Å². The minimum atomic E-state index is 0. The van der Waals surface area contributed by atoms with E-state index in [1.807, 2.05) is 18.2 Å². The Kier molecular flexibility index (Phi) is 4.81. The third-order valence-electron chi connectivity index (χ3n) is 4.53. The Morgan fingerprint density at radius 3 is 2.08 bits per heavy atom. The third-order valence-corrected chi connectivity index (χ3v) is 4.53. The fourth-order valence-corrected chi connectivity index (χ4v) is 3.49. The van der Waals surface area contributed by atoms with Gasteiger partial charge in [0.25, 0.3) is 0 Å². The van der Waals surface area contributed by atoms with Crippen LogP contribution in [0.5, 0.6) is 0 Å². The summed E-state index contributed by atoms with van der Waals surface area (Å²) in [6, 6.07) is 22.7. The van der Waals surface area contributed by atoms with Crippen LogP contribution in [0.2, 0.25) is 0 Å². The van der Waals surface area contributed by atoms with Crippen LogP contribution >= 0.6 is 0 Å². The molecule has 0 spiro atoms. The molecule has 0 fully saturated rings. The second-order valence-corrected chi connectivity index (χ2v) is 6.04. The molecule has 0 saturated carbocycles. The zero-order valence-corrected chi connectivity index (χ0v) is 16.2. The van der Waals surface area contributed by atoms with Gasteiger partial charge in [-0.15, -0.1) is 0 Å². The summed E-state index contributed by atoms with van der Waals surface area (Å²) in [5.41, 5.74) is 17.2. The molecule has 0 bridgehead atoms. The van der Waals surface area contributed by atoms with Gasteiger partial charge in [0.2, 0.25) is 11.2 Å².